The third-order valence-electron chi connectivity index (χ3n) is 2.46. The second-order valence-electron chi connectivity index (χ2n) is 3.82. The predicted molar refractivity (Wildman–Crippen MR) is 65.0 cm³/mol. The molecule has 0 aliphatic carbocycles. The first-order chi connectivity index (χ1) is 9.91. The smallest absolute Gasteiger partial charge is 0.430 e. The molecule has 3 nitrogen and oxygen atoms in total. The van der Waals surface area contributed by atoms with Crippen molar-refractivity contribution in [3.63, 3.8) is 0 Å². The van der Waals surface area contributed by atoms with Crippen molar-refractivity contribution in [2.75, 3.05) is 0 Å². The minimum Gasteiger partial charge on any atom is -0.478 e. The van der Waals surface area contributed by atoms with Crippen molar-refractivity contribution in [1.29, 1.82) is 0 Å². The Balaban J connectivity index is 2.71. The summed E-state index contributed by atoms with van der Waals surface area (Å²) < 4.78 is 66.1. The number of halogens is 4. The van der Waals surface area contributed by atoms with Gasteiger partial charge in [0.1, 0.15) is 5.75 Å². The predicted octanol–water partition coefficient (Wildman–Crippen LogP) is 3.55. The number of alkyl halides is 3. The first-order valence-electron chi connectivity index (χ1n) is 6.43. The van der Waals surface area contributed by atoms with Gasteiger partial charge in [-0.25, -0.2) is 4.79 Å². The molecule has 7 heteroatoms. The molecule has 1 heterocycles. The lowest BCUT2D eigenvalue weighted by molar-refractivity contribution is -0.187. The number of rotatable bonds is 1. The highest BCUT2D eigenvalue weighted by molar-refractivity contribution is 9.10. The molecule has 0 saturated carbocycles. The summed E-state index contributed by atoms with van der Waals surface area (Å²) in [4.78, 5) is 11.0. The largest absolute Gasteiger partial charge is 0.478 e. The lowest BCUT2D eigenvalue weighted by Gasteiger charge is -2.28. The van der Waals surface area contributed by atoms with E-state index in [0.29, 0.717) is 0 Å². The van der Waals surface area contributed by atoms with Crippen molar-refractivity contribution < 1.29 is 31.9 Å². The van der Waals surface area contributed by atoms with Crippen LogP contribution in [-0.4, -0.2) is 23.4 Å². The Kier molecular flexibility index (Phi) is 2.47. The molecule has 0 radical (unpaired) electrons. The molecule has 2 rings (SSSR count). The van der Waals surface area contributed by atoms with Crippen molar-refractivity contribution >= 4 is 28.0 Å². The van der Waals surface area contributed by atoms with Crippen LogP contribution in [0.3, 0.4) is 0 Å². The van der Waals surface area contributed by atoms with E-state index in [4.69, 9.17) is 14.0 Å². The highest BCUT2D eigenvalue weighted by Gasteiger charge is 2.48. The van der Waals surface area contributed by atoms with E-state index in [1.807, 2.05) is 0 Å². The Morgan fingerprint density at radius 1 is 1.53 bits per heavy atom. The van der Waals surface area contributed by atoms with Crippen LogP contribution in [0.4, 0.5) is 13.2 Å². The van der Waals surface area contributed by atoms with Crippen LogP contribution in [0.5, 0.6) is 5.75 Å². The van der Waals surface area contributed by atoms with E-state index in [2.05, 4.69) is 15.9 Å². The molecule has 0 bridgehead atoms. The Morgan fingerprint density at radius 3 is 2.74 bits per heavy atom. The van der Waals surface area contributed by atoms with E-state index in [-0.39, 0.29) is 10.0 Å². The zero-order valence-electron chi connectivity index (χ0n) is 12.1. The van der Waals surface area contributed by atoms with E-state index in [1.54, 1.807) is 0 Å². The first kappa shape index (κ1) is 10.3. The van der Waals surface area contributed by atoms with Gasteiger partial charge in [-0.1, -0.05) is 15.9 Å². The van der Waals surface area contributed by atoms with Gasteiger partial charge in [0, 0.05) is 14.1 Å². The maximum Gasteiger partial charge on any atom is 0.430 e. The lowest BCUT2D eigenvalue weighted by Crippen LogP contribution is -2.40. The molecule has 102 valence electrons. The maximum atomic E-state index is 13.0. The summed E-state index contributed by atoms with van der Waals surface area (Å²) in [5, 5.41) is 8.92. The summed E-state index contributed by atoms with van der Waals surface area (Å²) in [6.45, 7) is -2.71. The first-order valence-corrected chi connectivity index (χ1v) is 5.73. The summed E-state index contributed by atoms with van der Waals surface area (Å²) in [5.41, 5.74) is -1.47. The number of carboxylic acids is 1. The van der Waals surface area contributed by atoms with Gasteiger partial charge in [0.15, 0.2) is 0 Å². The lowest BCUT2D eigenvalue weighted by atomic mass is 9.99. The van der Waals surface area contributed by atoms with Crippen molar-refractivity contribution in [2.24, 2.45) is 0 Å². The molecule has 0 fully saturated rings. The Hall–Kier alpha value is -1.50. The summed E-state index contributed by atoms with van der Waals surface area (Å²) >= 11 is 3.04. The topological polar surface area (TPSA) is 46.5 Å². The van der Waals surface area contributed by atoms with Gasteiger partial charge in [-0.05, 0) is 30.6 Å². The number of ether oxygens (including phenoxy) is 1. The Morgan fingerprint density at radius 2 is 2.21 bits per heavy atom. The third-order valence-corrected chi connectivity index (χ3v) is 2.91. The average molecular weight is 340 g/mol. The Bertz CT molecular complexity index is 668. The van der Waals surface area contributed by atoms with Crippen LogP contribution in [-0.2, 0) is 4.79 Å². The van der Waals surface area contributed by atoms with Crippen LogP contribution in [0.15, 0.2) is 22.2 Å². The quantitative estimate of drug-likeness (QED) is 0.851. The number of aliphatic carboxylic acids is 1. The molecule has 1 aliphatic heterocycles. The molecule has 19 heavy (non-hydrogen) atoms. The van der Waals surface area contributed by atoms with Gasteiger partial charge in [-0.3, -0.25) is 0 Å². The molecular formula is C12H8BrF3O3. The van der Waals surface area contributed by atoms with Crippen molar-refractivity contribution in [3.8, 4) is 5.75 Å². The van der Waals surface area contributed by atoms with Gasteiger partial charge in [0.25, 0.3) is 0 Å². The van der Waals surface area contributed by atoms with Crippen LogP contribution in [0.1, 0.15) is 15.2 Å². The van der Waals surface area contributed by atoms with E-state index in [9.17, 15) is 18.0 Å². The van der Waals surface area contributed by atoms with Crippen molar-refractivity contribution in [3.05, 3.63) is 33.3 Å². The minimum atomic E-state index is -4.99. The number of carbonyl (C=O) groups is 1. The van der Waals surface area contributed by atoms with E-state index in [1.165, 1.54) is 6.07 Å². The fourth-order valence-electron chi connectivity index (χ4n) is 1.70. The number of aryl methyl sites for hydroxylation is 1. The normalized spacial score (nSPS) is 21.4. The SMILES string of the molecule is [2H]C([2H])([2H])c1cc(Br)cc2c1OC(C(F)(F)F)C(C(=O)O)=C2. The molecule has 1 aromatic carbocycles. The number of benzene rings is 1. The summed E-state index contributed by atoms with van der Waals surface area (Å²) in [6.07, 6.45) is -6.93. The zero-order chi connectivity index (χ0) is 16.9. The van der Waals surface area contributed by atoms with Gasteiger partial charge in [0.2, 0.25) is 6.10 Å². The molecule has 1 aromatic rings. The fraction of sp³-hybridized carbons (Fsp3) is 0.250. The van der Waals surface area contributed by atoms with Crippen molar-refractivity contribution in [1.82, 2.24) is 0 Å². The summed E-state index contributed by atoms with van der Waals surface area (Å²) in [6, 6.07) is 2.42. The summed E-state index contributed by atoms with van der Waals surface area (Å²) in [5.74, 6) is -2.28. The van der Waals surface area contributed by atoms with Crippen molar-refractivity contribution in [2.45, 2.75) is 19.1 Å². The van der Waals surface area contributed by atoms with E-state index >= 15 is 0 Å². The Labute approximate surface area is 119 Å². The zero-order valence-corrected chi connectivity index (χ0v) is 10.7. The van der Waals surface area contributed by atoms with Gasteiger partial charge in [-0.2, -0.15) is 13.2 Å². The van der Waals surface area contributed by atoms with Gasteiger partial charge in [-0.15, -0.1) is 0 Å². The number of hydrogen-bond donors (Lipinski definition) is 1. The third kappa shape index (κ3) is 2.60. The monoisotopic (exact) mass is 339 g/mol. The van der Waals surface area contributed by atoms with Crippen LogP contribution in [0.2, 0.25) is 0 Å². The van der Waals surface area contributed by atoms with Gasteiger partial charge >= 0.3 is 12.1 Å². The molecule has 0 spiro atoms. The molecule has 0 saturated heterocycles. The van der Waals surface area contributed by atoms with Crippen LogP contribution >= 0.6 is 15.9 Å². The second-order valence-corrected chi connectivity index (χ2v) is 4.73. The van der Waals surface area contributed by atoms with Crippen LogP contribution in [0, 0.1) is 6.85 Å². The number of hydrogen-bond acceptors (Lipinski definition) is 2. The minimum absolute atomic E-state index is 0.0431. The average Bonchev–Trinajstić information content (AvgIpc) is 2.33. The summed E-state index contributed by atoms with van der Waals surface area (Å²) in [7, 11) is 0. The number of carboxylic acid groups (broad SMARTS) is 1. The molecule has 1 unspecified atom stereocenters. The highest BCUT2D eigenvalue weighted by Crippen LogP contribution is 2.40. The molecule has 1 atom stereocenters. The standard InChI is InChI=1S/C12H8BrF3O3/c1-5-2-7(13)3-6-4-8(11(17)18)10(12(14,15)16)19-9(5)6/h2-4,10H,1H3,(H,17,18)/i1D3. The van der Waals surface area contributed by atoms with Crippen LogP contribution in [0.25, 0.3) is 6.08 Å². The van der Waals surface area contributed by atoms with Gasteiger partial charge < -0.3 is 9.84 Å². The van der Waals surface area contributed by atoms with Crippen LogP contribution < -0.4 is 4.74 Å². The maximum absolute atomic E-state index is 13.0. The van der Waals surface area contributed by atoms with Gasteiger partial charge in [0.05, 0.1) is 5.57 Å². The molecule has 0 aromatic heterocycles. The molecule has 1 aliphatic rings. The highest BCUT2D eigenvalue weighted by atomic mass is 79.9. The van der Waals surface area contributed by atoms with E-state index in [0.717, 1.165) is 12.1 Å². The second kappa shape index (κ2) is 4.56. The number of fused-ring (bicyclic) bond motifs is 1. The van der Waals surface area contributed by atoms with E-state index < -0.39 is 42.0 Å². The molecule has 0 amide bonds. The fourth-order valence-corrected chi connectivity index (χ4v) is 2.17. The molecular weight excluding hydrogens is 329 g/mol. The molecule has 1 N–H and O–H groups in total.